The van der Waals surface area contributed by atoms with Crippen LogP contribution in [-0.2, 0) is 0 Å². The van der Waals surface area contributed by atoms with Crippen molar-refractivity contribution in [2.24, 2.45) is 0 Å². The van der Waals surface area contributed by atoms with Gasteiger partial charge in [0.15, 0.2) is 0 Å². The number of nitrogens with one attached hydrogen (secondary N) is 3. The summed E-state index contributed by atoms with van der Waals surface area (Å²) in [7, 11) is 0. The number of amides is 3. The molecule has 4 aromatic carbocycles. The molecule has 0 aromatic heterocycles. The Morgan fingerprint density at radius 2 is 1.33 bits per heavy atom. The molecular weight excluding hydrogens is 466 g/mol. The summed E-state index contributed by atoms with van der Waals surface area (Å²) < 4.78 is 0. The Balaban J connectivity index is 1.55. The quantitative estimate of drug-likeness (QED) is 0.213. The summed E-state index contributed by atoms with van der Waals surface area (Å²) in [6, 6.07) is 18.9. The van der Waals surface area contributed by atoms with Crippen LogP contribution in [0.25, 0.3) is 10.8 Å². The van der Waals surface area contributed by atoms with Gasteiger partial charge in [-0.3, -0.25) is 4.79 Å². The minimum absolute atomic E-state index is 0.0471. The molecule has 0 unspecified atom stereocenters. The number of phenols is 1. The first kappa shape index (κ1) is 23.8. The zero-order valence-corrected chi connectivity index (χ0v) is 18.5. The molecule has 0 aliphatic heterocycles. The third-order valence-electron chi connectivity index (χ3n) is 5.26. The molecule has 4 aromatic rings. The zero-order valence-electron chi connectivity index (χ0n) is 18.5. The molecule has 10 heteroatoms. The fourth-order valence-corrected chi connectivity index (χ4v) is 3.49. The molecule has 180 valence electrons. The van der Waals surface area contributed by atoms with E-state index in [1.807, 2.05) is 24.3 Å². The van der Waals surface area contributed by atoms with Crippen LogP contribution in [0.3, 0.4) is 0 Å². The molecule has 6 N–H and O–H groups in total. The molecule has 4 rings (SSSR count). The van der Waals surface area contributed by atoms with Gasteiger partial charge in [0.05, 0.1) is 22.5 Å². The third kappa shape index (κ3) is 5.23. The maximum Gasteiger partial charge on any atom is 0.337 e. The molecule has 0 saturated heterocycles. The summed E-state index contributed by atoms with van der Waals surface area (Å²) in [4.78, 5) is 48.1. The monoisotopic (exact) mass is 485 g/mol. The lowest BCUT2D eigenvalue weighted by molar-refractivity contribution is 0.0686. The summed E-state index contributed by atoms with van der Waals surface area (Å²) in [6.07, 6.45) is 0. The number of hydrogen-bond acceptors (Lipinski definition) is 5. The lowest BCUT2D eigenvalue weighted by Gasteiger charge is -2.13. The van der Waals surface area contributed by atoms with Crippen molar-refractivity contribution >= 4 is 51.7 Å². The topological polar surface area (TPSA) is 165 Å². The number of benzene rings is 4. The van der Waals surface area contributed by atoms with E-state index in [-0.39, 0.29) is 33.9 Å². The normalized spacial score (nSPS) is 10.4. The molecule has 36 heavy (non-hydrogen) atoms. The van der Waals surface area contributed by atoms with E-state index < -0.39 is 23.9 Å². The molecule has 0 radical (unpaired) electrons. The van der Waals surface area contributed by atoms with E-state index in [0.29, 0.717) is 5.56 Å². The van der Waals surface area contributed by atoms with Crippen LogP contribution in [0.2, 0.25) is 0 Å². The number of hydrogen-bond donors (Lipinski definition) is 6. The summed E-state index contributed by atoms with van der Waals surface area (Å²) in [5.74, 6) is -3.41. The minimum Gasteiger partial charge on any atom is -0.506 e. The number of aromatic carboxylic acids is 2. The second kappa shape index (κ2) is 9.85. The van der Waals surface area contributed by atoms with Gasteiger partial charge in [-0.05, 0) is 59.3 Å². The first-order valence-electron chi connectivity index (χ1n) is 10.5. The fourth-order valence-electron chi connectivity index (χ4n) is 3.49. The van der Waals surface area contributed by atoms with Gasteiger partial charge >= 0.3 is 18.0 Å². The minimum atomic E-state index is -1.28. The maximum atomic E-state index is 12.9. The molecule has 0 fully saturated rings. The summed E-state index contributed by atoms with van der Waals surface area (Å²) >= 11 is 0. The number of carboxylic acids is 2. The zero-order chi connectivity index (χ0) is 25.8. The number of carbonyl (C=O) groups excluding carboxylic acids is 2. The smallest absolute Gasteiger partial charge is 0.337 e. The number of fused-ring (bicyclic) bond motifs is 1. The Labute approximate surface area is 203 Å². The molecule has 10 nitrogen and oxygen atoms in total. The van der Waals surface area contributed by atoms with E-state index >= 15 is 0 Å². The lowest BCUT2D eigenvalue weighted by Crippen LogP contribution is -2.20. The Hall–Kier alpha value is -5.38. The van der Waals surface area contributed by atoms with Crippen LogP contribution in [0.4, 0.5) is 21.9 Å². The van der Waals surface area contributed by atoms with Crippen LogP contribution in [-0.4, -0.2) is 39.2 Å². The van der Waals surface area contributed by atoms with Gasteiger partial charge in [-0.2, -0.15) is 0 Å². The van der Waals surface area contributed by atoms with Crippen molar-refractivity contribution in [1.82, 2.24) is 0 Å². The highest BCUT2D eigenvalue weighted by Crippen LogP contribution is 2.26. The molecule has 0 aliphatic carbocycles. The number of carboxylic acid groups (broad SMARTS) is 2. The van der Waals surface area contributed by atoms with E-state index in [9.17, 15) is 29.4 Å². The van der Waals surface area contributed by atoms with E-state index in [1.54, 1.807) is 18.2 Å². The number of urea groups is 1. The van der Waals surface area contributed by atoms with Crippen LogP contribution in [0.1, 0.15) is 31.1 Å². The van der Waals surface area contributed by atoms with Crippen molar-refractivity contribution in [1.29, 1.82) is 0 Å². The summed E-state index contributed by atoms with van der Waals surface area (Å²) in [6.45, 7) is 0. The molecule has 0 saturated carbocycles. The number of anilines is 3. The second-order valence-corrected chi connectivity index (χ2v) is 7.70. The highest BCUT2D eigenvalue weighted by Gasteiger charge is 2.16. The maximum absolute atomic E-state index is 12.9. The van der Waals surface area contributed by atoms with E-state index in [4.69, 9.17) is 5.11 Å². The first-order chi connectivity index (χ1) is 17.2. The van der Waals surface area contributed by atoms with Crippen molar-refractivity contribution in [2.75, 3.05) is 16.0 Å². The molecule has 0 atom stereocenters. The molecule has 0 spiro atoms. The predicted octanol–water partition coefficient (Wildman–Crippen LogP) is 4.84. The number of carbonyl (C=O) groups is 4. The molecular formula is C26H19N3O7. The van der Waals surface area contributed by atoms with Gasteiger partial charge in [-0.1, -0.05) is 30.3 Å². The van der Waals surface area contributed by atoms with Gasteiger partial charge in [-0.15, -0.1) is 0 Å². The van der Waals surface area contributed by atoms with E-state index in [0.717, 1.165) is 22.9 Å². The SMILES string of the molecule is O=C(Nc1ccc(C(=O)O)c(NC(=O)c2ccc3ccccc3c2)c1)Nc1cc(C(=O)O)ccc1O. The van der Waals surface area contributed by atoms with Crippen LogP contribution < -0.4 is 16.0 Å². The van der Waals surface area contributed by atoms with Gasteiger partial charge in [0.1, 0.15) is 5.75 Å². The van der Waals surface area contributed by atoms with Crippen LogP contribution >= 0.6 is 0 Å². The Morgan fingerprint density at radius 1 is 0.611 bits per heavy atom. The van der Waals surface area contributed by atoms with Crippen LogP contribution in [0, 0.1) is 0 Å². The predicted molar refractivity (Wildman–Crippen MR) is 133 cm³/mol. The van der Waals surface area contributed by atoms with Gasteiger partial charge in [0, 0.05) is 11.3 Å². The highest BCUT2D eigenvalue weighted by molar-refractivity contribution is 6.10. The van der Waals surface area contributed by atoms with Crippen molar-refractivity contribution in [3.05, 3.63) is 95.6 Å². The average molecular weight is 485 g/mol. The van der Waals surface area contributed by atoms with Crippen molar-refractivity contribution < 1.29 is 34.5 Å². The fraction of sp³-hybridized carbons (Fsp3) is 0. The van der Waals surface area contributed by atoms with Crippen molar-refractivity contribution in [3.63, 3.8) is 0 Å². The van der Waals surface area contributed by atoms with E-state index in [2.05, 4.69) is 16.0 Å². The number of phenolic OH excluding ortho intramolecular Hbond substituents is 1. The number of rotatable bonds is 6. The average Bonchev–Trinajstić information content (AvgIpc) is 2.84. The lowest BCUT2D eigenvalue weighted by atomic mass is 10.1. The largest absolute Gasteiger partial charge is 0.506 e. The van der Waals surface area contributed by atoms with E-state index in [1.165, 1.54) is 24.3 Å². The Morgan fingerprint density at radius 3 is 2.06 bits per heavy atom. The standard InChI is InChI=1S/C26H19N3O7/c30-22-10-7-17(24(32)33)12-21(22)29-26(36)27-18-8-9-19(25(34)35)20(13-18)28-23(31)16-6-5-14-3-1-2-4-15(14)11-16/h1-13,30H,(H,28,31)(H,32,33)(H,34,35)(H2,27,29,36). The molecule has 0 bridgehead atoms. The third-order valence-corrected chi connectivity index (χ3v) is 5.26. The van der Waals surface area contributed by atoms with Gasteiger partial charge < -0.3 is 31.3 Å². The summed E-state index contributed by atoms with van der Waals surface area (Å²) in [5, 5.41) is 37.7. The van der Waals surface area contributed by atoms with Crippen LogP contribution in [0.5, 0.6) is 5.75 Å². The first-order valence-corrected chi connectivity index (χ1v) is 10.5. The van der Waals surface area contributed by atoms with Gasteiger partial charge in [0.25, 0.3) is 5.91 Å². The molecule has 0 aliphatic rings. The van der Waals surface area contributed by atoms with Gasteiger partial charge in [-0.25, -0.2) is 14.4 Å². The second-order valence-electron chi connectivity index (χ2n) is 7.70. The highest BCUT2D eigenvalue weighted by atomic mass is 16.4. The van der Waals surface area contributed by atoms with Crippen LogP contribution in [0.15, 0.2) is 78.9 Å². The molecule has 0 heterocycles. The molecule has 3 amide bonds. The number of aromatic hydroxyl groups is 1. The Bertz CT molecular complexity index is 1530. The van der Waals surface area contributed by atoms with Gasteiger partial charge in [0.2, 0.25) is 0 Å². The van der Waals surface area contributed by atoms with Crippen molar-refractivity contribution in [3.8, 4) is 5.75 Å². The van der Waals surface area contributed by atoms with Crippen molar-refractivity contribution in [2.45, 2.75) is 0 Å². The Kier molecular flexibility index (Phi) is 6.51. The summed E-state index contributed by atoms with van der Waals surface area (Å²) in [5.41, 5.74) is -0.0711.